The van der Waals surface area contributed by atoms with Gasteiger partial charge in [-0.2, -0.15) is 0 Å². The van der Waals surface area contributed by atoms with Crippen LogP contribution in [-0.4, -0.2) is 72.8 Å². The van der Waals surface area contributed by atoms with Crippen molar-refractivity contribution < 1.29 is 19.4 Å². The largest absolute Gasteiger partial charge is 0.445 e. The molecule has 3 rings (SSSR count). The summed E-state index contributed by atoms with van der Waals surface area (Å²) in [6.45, 7) is 2.38. The van der Waals surface area contributed by atoms with Gasteiger partial charge in [0, 0.05) is 27.2 Å². The predicted molar refractivity (Wildman–Crippen MR) is 106 cm³/mol. The first-order valence-electron chi connectivity index (χ1n) is 9.98. The molecular weight excluding hydrogens is 358 g/mol. The molecule has 0 bridgehead atoms. The summed E-state index contributed by atoms with van der Waals surface area (Å²) in [5.74, 6) is -0.159. The van der Waals surface area contributed by atoms with Crippen LogP contribution in [0.1, 0.15) is 31.2 Å². The number of piperidine rings is 1. The molecule has 2 amide bonds. The van der Waals surface area contributed by atoms with Crippen molar-refractivity contribution in [3.63, 3.8) is 0 Å². The van der Waals surface area contributed by atoms with Gasteiger partial charge in [-0.1, -0.05) is 30.3 Å². The Bertz CT molecular complexity index is 675. The van der Waals surface area contributed by atoms with Crippen molar-refractivity contribution in [2.75, 3.05) is 33.7 Å². The number of likely N-dealkylation sites (tertiary alicyclic amines) is 1. The number of β-amino-alcohol motifs (C(OH)–C–C–N with tert-alkyl or cyclic N) is 1. The van der Waals surface area contributed by atoms with Crippen molar-refractivity contribution in [3.8, 4) is 0 Å². The minimum Gasteiger partial charge on any atom is -0.445 e. The number of carbonyl (C=O) groups is 2. The summed E-state index contributed by atoms with van der Waals surface area (Å²) < 4.78 is 5.26. The third kappa shape index (κ3) is 5.23. The molecule has 1 spiro atoms. The number of likely N-dealkylation sites (N-methyl/N-ethyl adjacent to an activating group) is 1. The summed E-state index contributed by atoms with van der Waals surface area (Å²) in [5, 5.41) is 13.1. The molecule has 1 saturated carbocycles. The number of nitrogens with one attached hydrogen (secondary N) is 1. The molecule has 1 saturated heterocycles. The number of hydrogen-bond acceptors (Lipinski definition) is 5. The van der Waals surface area contributed by atoms with E-state index in [-0.39, 0.29) is 24.0 Å². The second-order valence-corrected chi connectivity index (χ2v) is 8.21. The van der Waals surface area contributed by atoms with E-state index in [9.17, 15) is 14.7 Å². The Balaban J connectivity index is 1.49. The van der Waals surface area contributed by atoms with Gasteiger partial charge < -0.3 is 25.0 Å². The number of benzene rings is 1. The van der Waals surface area contributed by atoms with Crippen LogP contribution >= 0.6 is 0 Å². The molecule has 1 aliphatic heterocycles. The minimum atomic E-state index is -0.646. The van der Waals surface area contributed by atoms with Crippen LogP contribution in [0.3, 0.4) is 0 Å². The van der Waals surface area contributed by atoms with Gasteiger partial charge in [0.15, 0.2) is 0 Å². The van der Waals surface area contributed by atoms with Gasteiger partial charge in [-0.15, -0.1) is 0 Å². The lowest BCUT2D eigenvalue weighted by molar-refractivity contribution is -0.131. The van der Waals surface area contributed by atoms with Crippen LogP contribution in [0.2, 0.25) is 0 Å². The third-order valence-corrected chi connectivity index (χ3v) is 5.93. The van der Waals surface area contributed by atoms with Crippen LogP contribution in [0, 0.1) is 5.41 Å². The fraction of sp³-hybridized carbons (Fsp3) is 0.619. The van der Waals surface area contributed by atoms with Gasteiger partial charge in [0.05, 0.1) is 6.10 Å². The van der Waals surface area contributed by atoms with Crippen molar-refractivity contribution in [2.45, 2.75) is 44.4 Å². The van der Waals surface area contributed by atoms with E-state index in [0.29, 0.717) is 19.5 Å². The number of rotatable bonds is 7. The fourth-order valence-electron chi connectivity index (χ4n) is 3.81. The Morgan fingerprint density at radius 1 is 1.29 bits per heavy atom. The summed E-state index contributed by atoms with van der Waals surface area (Å²) in [7, 11) is 3.35. The van der Waals surface area contributed by atoms with Gasteiger partial charge >= 0.3 is 6.09 Å². The highest BCUT2D eigenvalue weighted by Crippen LogP contribution is 2.53. The Morgan fingerprint density at radius 3 is 2.61 bits per heavy atom. The molecule has 2 unspecified atom stereocenters. The molecule has 2 atom stereocenters. The number of amides is 2. The molecule has 7 heteroatoms. The lowest BCUT2D eigenvalue weighted by atomic mass is 9.90. The van der Waals surface area contributed by atoms with Crippen LogP contribution in [0.25, 0.3) is 0 Å². The Hall–Kier alpha value is -2.12. The number of ether oxygens (including phenoxy) is 1. The molecule has 2 fully saturated rings. The van der Waals surface area contributed by atoms with Gasteiger partial charge in [-0.25, -0.2) is 4.79 Å². The van der Waals surface area contributed by atoms with E-state index in [1.54, 1.807) is 14.1 Å². The van der Waals surface area contributed by atoms with Crippen molar-refractivity contribution >= 4 is 12.0 Å². The van der Waals surface area contributed by atoms with Crippen LogP contribution in [0.5, 0.6) is 0 Å². The minimum absolute atomic E-state index is 0.159. The summed E-state index contributed by atoms with van der Waals surface area (Å²) in [5.41, 5.74) is 1.05. The van der Waals surface area contributed by atoms with Gasteiger partial charge in [-0.3, -0.25) is 4.79 Å². The van der Waals surface area contributed by atoms with E-state index in [4.69, 9.17) is 4.74 Å². The molecule has 1 aliphatic carbocycles. The Morgan fingerprint density at radius 2 is 2.00 bits per heavy atom. The maximum Gasteiger partial charge on any atom is 0.408 e. The summed E-state index contributed by atoms with van der Waals surface area (Å²) in [6, 6.07) is 8.78. The highest BCUT2D eigenvalue weighted by molar-refractivity contribution is 5.85. The Kier molecular flexibility index (Phi) is 6.57. The van der Waals surface area contributed by atoms with Gasteiger partial charge in [-0.05, 0) is 43.2 Å². The van der Waals surface area contributed by atoms with Crippen molar-refractivity contribution in [1.29, 1.82) is 0 Å². The van der Waals surface area contributed by atoms with Crippen molar-refractivity contribution in [3.05, 3.63) is 35.9 Å². The maximum absolute atomic E-state index is 12.5. The average molecular weight is 389 g/mol. The van der Waals surface area contributed by atoms with E-state index in [1.807, 2.05) is 30.3 Å². The quantitative estimate of drug-likeness (QED) is 0.740. The number of carbonyl (C=O) groups excluding carboxylic acids is 2. The first-order chi connectivity index (χ1) is 13.4. The van der Waals surface area contributed by atoms with Crippen molar-refractivity contribution in [1.82, 2.24) is 15.1 Å². The second kappa shape index (κ2) is 8.92. The number of nitrogens with zero attached hydrogens (tertiary/aromatic N) is 2. The number of aliphatic hydroxyl groups is 1. The smallest absolute Gasteiger partial charge is 0.408 e. The number of aliphatic hydroxyl groups excluding tert-OH is 1. The highest BCUT2D eigenvalue weighted by Gasteiger charge is 2.51. The van der Waals surface area contributed by atoms with Crippen LogP contribution in [0.4, 0.5) is 4.79 Å². The van der Waals surface area contributed by atoms with Gasteiger partial charge in [0.2, 0.25) is 5.91 Å². The predicted octanol–water partition coefficient (Wildman–Crippen LogP) is 1.61. The first kappa shape index (κ1) is 20.6. The topological polar surface area (TPSA) is 82.1 Å². The number of hydrogen-bond donors (Lipinski definition) is 2. The molecule has 1 aromatic rings. The zero-order valence-electron chi connectivity index (χ0n) is 16.8. The molecule has 2 N–H and O–H groups in total. The maximum atomic E-state index is 12.5. The zero-order valence-corrected chi connectivity index (χ0v) is 16.8. The van der Waals surface area contributed by atoms with Crippen LogP contribution < -0.4 is 5.32 Å². The van der Waals surface area contributed by atoms with Crippen molar-refractivity contribution in [2.24, 2.45) is 5.41 Å². The molecular formula is C21H31N3O4. The second-order valence-electron chi connectivity index (χ2n) is 8.21. The van der Waals surface area contributed by atoms with E-state index < -0.39 is 12.1 Å². The lowest BCUT2D eigenvalue weighted by Crippen LogP contribution is -2.50. The summed E-state index contributed by atoms with van der Waals surface area (Å²) in [4.78, 5) is 28.3. The molecule has 28 heavy (non-hydrogen) atoms. The van der Waals surface area contributed by atoms with Crippen LogP contribution in [0.15, 0.2) is 30.3 Å². The lowest BCUT2D eigenvalue weighted by Gasteiger charge is -2.37. The summed E-state index contributed by atoms with van der Waals surface area (Å²) >= 11 is 0. The average Bonchev–Trinajstić information content (AvgIpc) is 3.47. The van der Waals surface area contributed by atoms with Gasteiger partial charge in [0.25, 0.3) is 0 Å². The molecule has 154 valence electrons. The van der Waals surface area contributed by atoms with Gasteiger partial charge in [0.1, 0.15) is 12.6 Å². The highest BCUT2D eigenvalue weighted by atomic mass is 16.5. The normalized spacial score (nSPS) is 21.8. The van der Waals surface area contributed by atoms with E-state index >= 15 is 0 Å². The van der Waals surface area contributed by atoms with E-state index in [2.05, 4.69) is 10.2 Å². The van der Waals surface area contributed by atoms with E-state index in [1.165, 1.54) is 4.90 Å². The SMILES string of the molecule is CN(C)C(=O)C(CCN1CCC2(CC2)C(O)C1)NC(=O)OCc1ccccc1. The Labute approximate surface area is 166 Å². The number of alkyl carbamates (subject to hydrolysis) is 1. The molecule has 0 aromatic heterocycles. The zero-order chi connectivity index (χ0) is 20.1. The van der Waals surface area contributed by atoms with E-state index in [0.717, 1.165) is 31.4 Å². The molecule has 1 heterocycles. The monoisotopic (exact) mass is 389 g/mol. The molecule has 7 nitrogen and oxygen atoms in total. The molecule has 2 aliphatic rings. The van der Waals surface area contributed by atoms with Crippen LogP contribution in [-0.2, 0) is 16.1 Å². The summed E-state index contributed by atoms with van der Waals surface area (Å²) in [6.07, 6.45) is 2.86. The first-order valence-corrected chi connectivity index (χ1v) is 9.98. The standard InChI is InChI=1S/C21H31N3O4/c1-23(2)19(26)17(22-20(27)28-15-16-6-4-3-5-7-16)8-12-24-13-11-21(9-10-21)18(25)14-24/h3-7,17-18,25H,8-15H2,1-2H3,(H,22,27). The molecule has 1 aromatic carbocycles. The third-order valence-electron chi connectivity index (χ3n) is 5.93. The fourth-order valence-corrected chi connectivity index (χ4v) is 3.81. The molecule has 0 radical (unpaired) electrons.